The fraction of sp³-hybridized carbons (Fsp3) is 0.556. The molecular weight excluding hydrogens is 274 g/mol. The normalized spacial score (nSPS) is 18.8. The molecule has 4 heteroatoms. The molecule has 1 aromatic heterocycles. The van der Waals surface area contributed by atoms with Gasteiger partial charge >= 0.3 is 0 Å². The summed E-state index contributed by atoms with van der Waals surface area (Å²) in [6, 6.07) is 8.19. The van der Waals surface area contributed by atoms with Gasteiger partial charge in [0.1, 0.15) is 5.82 Å². The molecule has 1 aliphatic rings. The van der Waals surface area contributed by atoms with Crippen molar-refractivity contribution < 1.29 is 4.79 Å². The van der Waals surface area contributed by atoms with Crippen molar-refractivity contribution in [2.75, 3.05) is 6.54 Å². The fourth-order valence-electron chi connectivity index (χ4n) is 3.45. The molecule has 0 saturated carbocycles. The van der Waals surface area contributed by atoms with Gasteiger partial charge in [0.2, 0.25) is 5.91 Å². The number of fused-ring (bicyclic) bond motifs is 1. The molecule has 1 fully saturated rings. The van der Waals surface area contributed by atoms with E-state index in [4.69, 9.17) is 4.98 Å². The number of imidazole rings is 1. The van der Waals surface area contributed by atoms with Gasteiger partial charge in [0, 0.05) is 18.9 Å². The van der Waals surface area contributed by atoms with E-state index in [1.165, 1.54) is 0 Å². The largest absolute Gasteiger partial charge is 0.324 e. The van der Waals surface area contributed by atoms with E-state index < -0.39 is 0 Å². The third kappa shape index (κ3) is 2.74. The highest BCUT2D eigenvalue weighted by Crippen LogP contribution is 2.26. The molecule has 4 nitrogen and oxygen atoms in total. The van der Waals surface area contributed by atoms with E-state index in [0.29, 0.717) is 24.9 Å². The lowest BCUT2D eigenvalue weighted by molar-refractivity contribution is -0.129. The Morgan fingerprint density at radius 1 is 1.32 bits per heavy atom. The van der Waals surface area contributed by atoms with Gasteiger partial charge in [-0.2, -0.15) is 0 Å². The van der Waals surface area contributed by atoms with E-state index in [2.05, 4.69) is 31.4 Å². The highest BCUT2D eigenvalue weighted by atomic mass is 16.2. The van der Waals surface area contributed by atoms with E-state index in [0.717, 1.165) is 36.2 Å². The number of rotatable bonds is 5. The summed E-state index contributed by atoms with van der Waals surface area (Å²) in [6.07, 6.45) is 3.00. The van der Waals surface area contributed by atoms with Crippen LogP contribution in [0.15, 0.2) is 24.3 Å². The number of amides is 1. The van der Waals surface area contributed by atoms with Gasteiger partial charge in [0.05, 0.1) is 17.7 Å². The van der Waals surface area contributed by atoms with Gasteiger partial charge in [-0.05, 0) is 24.5 Å². The van der Waals surface area contributed by atoms with E-state index in [1.54, 1.807) is 0 Å². The number of aromatic nitrogens is 2. The van der Waals surface area contributed by atoms with Crippen LogP contribution in [0, 0.1) is 5.92 Å². The molecular formula is C18H25N3O. The Bertz CT molecular complexity index is 674. The second-order valence-electron chi connectivity index (χ2n) is 6.66. The number of nitrogens with zero attached hydrogens (tertiary/aromatic N) is 3. The molecule has 22 heavy (non-hydrogen) atoms. The van der Waals surface area contributed by atoms with Crippen LogP contribution in [0.4, 0.5) is 0 Å². The zero-order valence-corrected chi connectivity index (χ0v) is 13.7. The lowest BCUT2D eigenvalue weighted by Crippen LogP contribution is -2.29. The highest BCUT2D eigenvalue weighted by molar-refractivity contribution is 5.79. The van der Waals surface area contributed by atoms with Crippen molar-refractivity contribution in [3.63, 3.8) is 0 Å². The van der Waals surface area contributed by atoms with Crippen LogP contribution in [0.2, 0.25) is 0 Å². The summed E-state index contributed by atoms with van der Waals surface area (Å²) in [5.41, 5.74) is 2.14. The van der Waals surface area contributed by atoms with Crippen LogP contribution in [0.5, 0.6) is 0 Å². The van der Waals surface area contributed by atoms with E-state index in [1.807, 2.05) is 23.1 Å². The molecule has 1 aliphatic heterocycles. The minimum absolute atomic E-state index is 0.283. The van der Waals surface area contributed by atoms with Crippen molar-refractivity contribution >= 4 is 16.9 Å². The first-order chi connectivity index (χ1) is 10.6. The number of likely N-dealkylation sites (tertiary alicyclic amines) is 1. The van der Waals surface area contributed by atoms with Crippen molar-refractivity contribution in [1.82, 2.24) is 14.5 Å². The van der Waals surface area contributed by atoms with Gasteiger partial charge < -0.3 is 9.47 Å². The smallest absolute Gasteiger partial charge is 0.224 e. The van der Waals surface area contributed by atoms with Gasteiger partial charge in [-0.25, -0.2) is 4.98 Å². The molecule has 1 amide bonds. The predicted octanol–water partition coefficient (Wildman–Crippen LogP) is 3.77. The van der Waals surface area contributed by atoms with Crippen molar-refractivity contribution in [2.24, 2.45) is 5.92 Å². The Balaban J connectivity index is 1.90. The monoisotopic (exact) mass is 299 g/mol. The highest BCUT2D eigenvalue weighted by Gasteiger charge is 2.29. The SMILES string of the molecule is CCCC1CC(=O)N(Cn2c(C(C)C)nc3ccccc32)C1. The number of carbonyl (C=O) groups is 1. The zero-order chi connectivity index (χ0) is 15.7. The quantitative estimate of drug-likeness (QED) is 0.843. The molecule has 118 valence electrons. The van der Waals surface area contributed by atoms with Crippen LogP contribution >= 0.6 is 0 Å². The molecule has 0 bridgehead atoms. The summed E-state index contributed by atoms with van der Waals surface area (Å²) in [5.74, 6) is 2.21. The lowest BCUT2D eigenvalue weighted by atomic mass is 10.0. The second kappa shape index (κ2) is 6.11. The van der Waals surface area contributed by atoms with Gasteiger partial charge in [0.25, 0.3) is 0 Å². The van der Waals surface area contributed by atoms with Crippen LogP contribution < -0.4 is 0 Å². The third-order valence-corrected chi connectivity index (χ3v) is 4.50. The molecule has 0 radical (unpaired) electrons. The van der Waals surface area contributed by atoms with Crippen LogP contribution in [0.25, 0.3) is 11.0 Å². The number of para-hydroxylation sites is 2. The third-order valence-electron chi connectivity index (χ3n) is 4.50. The molecule has 3 rings (SSSR count). The summed E-state index contributed by atoms with van der Waals surface area (Å²) in [6.45, 7) is 8.02. The topological polar surface area (TPSA) is 38.1 Å². The minimum atomic E-state index is 0.283. The van der Waals surface area contributed by atoms with Crippen LogP contribution in [0.1, 0.15) is 51.8 Å². The number of benzene rings is 1. The number of hydrogen-bond acceptors (Lipinski definition) is 2. The Kier molecular flexibility index (Phi) is 4.19. The van der Waals surface area contributed by atoms with Crippen molar-refractivity contribution in [3.05, 3.63) is 30.1 Å². The van der Waals surface area contributed by atoms with Crippen molar-refractivity contribution in [2.45, 2.75) is 52.6 Å². The van der Waals surface area contributed by atoms with Gasteiger partial charge in [-0.3, -0.25) is 4.79 Å². The molecule has 1 saturated heterocycles. The fourth-order valence-corrected chi connectivity index (χ4v) is 3.45. The second-order valence-corrected chi connectivity index (χ2v) is 6.66. The van der Waals surface area contributed by atoms with Gasteiger partial charge in [-0.1, -0.05) is 39.3 Å². The van der Waals surface area contributed by atoms with Crippen molar-refractivity contribution in [1.29, 1.82) is 0 Å². The van der Waals surface area contributed by atoms with E-state index in [-0.39, 0.29) is 5.91 Å². The molecule has 1 aromatic carbocycles. The first-order valence-electron chi connectivity index (χ1n) is 8.33. The minimum Gasteiger partial charge on any atom is -0.324 e. The maximum atomic E-state index is 12.3. The number of carbonyl (C=O) groups excluding carboxylic acids is 1. The number of hydrogen-bond donors (Lipinski definition) is 0. The Hall–Kier alpha value is -1.84. The standard InChI is InChI=1S/C18H25N3O/c1-4-7-14-10-17(22)20(11-14)12-21-16-9-6-5-8-15(16)19-18(21)13(2)3/h5-6,8-9,13-14H,4,7,10-12H2,1-3H3. The van der Waals surface area contributed by atoms with Crippen LogP contribution in [-0.4, -0.2) is 26.9 Å². The first kappa shape index (κ1) is 15.1. The average Bonchev–Trinajstić information content (AvgIpc) is 3.02. The Morgan fingerprint density at radius 2 is 2.09 bits per heavy atom. The molecule has 1 unspecified atom stereocenters. The molecule has 0 aliphatic carbocycles. The van der Waals surface area contributed by atoms with Crippen LogP contribution in [0.3, 0.4) is 0 Å². The molecule has 2 heterocycles. The van der Waals surface area contributed by atoms with E-state index in [9.17, 15) is 4.79 Å². The first-order valence-corrected chi connectivity index (χ1v) is 8.33. The maximum Gasteiger partial charge on any atom is 0.224 e. The van der Waals surface area contributed by atoms with Crippen molar-refractivity contribution in [3.8, 4) is 0 Å². The van der Waals surface area contributed by atoms with E-state index >= 15 is 0 Å². The zero-order valence-electron chi connectivity index (χ0n) is 13.7. The van der Waals surface area contributed by atoms with Crippen LogP contribution in [-0.2, 0) is 11.5 Å². The van der Waals surface area contributed by atoms with Gasteiger partial charge in [0.15, 0.2) is 0 Å². The summed E-state index contributed by atoms with van der Waals surface area (Å²) in [4.78, 5) is 19.1. The summed E-state index contributed by atoms with van der Waals surface area (Å²) in [7, 11) is 0. The predicted molar refractivity (Wildman–Crippen MR) is 88.6 cm³/mol. The Morgan fingerprint density at radius 3 is 2.82 bits per heavy atom. The average molecular weight is 299 g/mol. The summed E-state index contributed by atoms with van der Waals surface area (Å²) in [5, 5.41) is 0. The summed E-state index contributed by atoms with van der Waals surface area (Å²) < 4.78 is 2.21. The molecule has 1 atom stereocenters. The maximum absolute atomic E-state index is 12.3. The molecule has 2 aromatic rings. The Labute approximate surface area is 132 Å². The molecule has 0 spiro atoms. The van der Waals surface area contributed by atoms with Gasteiger partial charge in [-0.15, -0.1) is 0 Å². The lowest BCUT2D eigenvalue weighted by Gasteiger charge is -2.20. The molecule has 0 N–H and O–H groups in total. The summed E-state index contributed by atoms with van der Waals surface area (Å²) >= 11 is 0.